The molecule has 28 heavy (non-hydrogen) atoms. The van der Waals surface area contributed by atoms with Gasteiger partial charge in [0.05, 0.1) is 5.60 Å². The van der Waals surface area contributed by atoms with Crippen molar-refractivity contribution in [2.24, 2.45) is 0 Å². The van der Waals surface area contributed by atoms with Crippen molar-refractivity contribution in [2.45, 2.75) is 56.4 Å². The second-order valence-electron chi connectivity index (χ2n) is 7.75. The fourth-order valence-electron chi connectivity index (χ4n) is 4.54. The number of carbonyl (C=O) groups is 1. The summed E-state index contributed by atoms with van der Waals surface area (Å²) >= 11 is 0. The molecule has 0 spiro atoms. The first-order chi connectivity index (χ1) is 13.5. The number of nitrogens with zero attached hydrogens (tertiary/aromatic N) is 1. The topological polar surface area (TPSA) is 49.8 Å². The van der Waals surface area contributed by atoms with Gasteiger partial charge in [0, 0.05) is 24.9 Å². The molecule has 2 atom stereocenters. The van der Waals surface area contributed by atoms with Gasteiger partial charge >= 0.3 is 6.09 Å². The molecule has 4 rings (SSSR count). The van der Waals surface area contributed by atoms with E-state index < -0.39 is 17.2 Å². The molecule has 2 saturated heterocycles. The summed E-state index contributed by atoms with van der Waals surface area (Å²) in [4.78, 5) is 14.5. The lowest BCUT2D eigenvalue weighted by atomic mass is 9.72. The Labute approximate surface area is 162 Å². The molecule has 1 amide bonds. The van der Waals surface area contributed by atoms with Crippen LogP contribution < -0.4 is 0 Å². The van der Waals surface area contributed by atoms with Crippen LogP contribution in [0.3, 0.4) is 0 Å². The van der Waals surface area contributed by atoms with E-state index in [0.717, 1.165) is 37.0 Å². The predicted molar refractivity (Wildman–Crippen MR) is 99.4 cm³/mol. The Balaban J connectivity index is 1.50. The summed E-state index contributed by atoms with van der Waals surface area (Å²) in [6, 6.07) is 12.6. The number of fused-ring (bicyclic) bond motifs is 2. The van der Waals surface area contributed by atoms with Crippen molar-refractivity contribution >= 4 is 6.09 Å². The van der Waals surface area contributed by atoms with Gasteiger partial charge in [0.1, 0.15) is 6.61 Å². The third-order valence-electron chi connectivity index (χ3n) is 5.88. The third kappa shape index (κ3) is 3.61. The highest BCUT2D eigenvalue weighted by Gasteiger charge is 2.48. The number of benzene rings is 2. The number of amides is 1. The number of hydrogen-bond donors (Lipinski definition) is 1. The van der Waals surface area contributed by atoms with Gasteiger partial charge in [-0.1, -0.05) is 36.4 Å². The van der Waals surface area contributed by atoms with Crippen LogP contribution in [0.4, 0.5) is 13.6 Å². The highest BCUT2D eigenvalue weighted by Crippen LogP contribution is 2.44. The molecule has 2 aromatic carbocycles. The van der Waals surface area contributed by atoms with Crippen LogP contribution in [0.2, 0.25) is 0 Å². The largest absolute Gasteiger partial charge is 0.445 e. The van der Waals surface area contributed by atoms with E-state index in [2.05, 4.69) is 0 Å². The lowest BCUT2D eigenvalue weighted by Gasteiger charge is -2.51. The lowest BCUT2D eigenvalue weighted by molar-refractivity contribution is -0.0898. The van der Waals surface area contributed by atoms with Crippen LogP contribution in [-0.2, 0) is 16.9 Å². The number of hydrogen-bond acceptors (Lipinski definition) is 3. The number of rotatable bonds is 3. The van der Waals surface area contributed by atoms with E-state index in [4.69, 9.17) is 4.74 Å². The van der Waals surface area contributed by atoms with Gasteiger partial charge < -0.3 is 14.7 Å². The number of piperidine rings is 2. The summed E-state index contributed by atoms with van der Waals surface area (Å²) in [7, 11) is 0. The molecule has 2 aliphatic heterocycles. The molecule has 4 nitrogen and oxygen atoms in total. The minimum atomic E-state index is -1.28. The van der Waals surface area contributed by atoms with Crippen LogP contribution in [-0.4, -0.2) is 28.2 Å². The van der Waals surface area contributed by atoms with E-state index in [1.165, 1.54) is 6.07 Å². The van der Waals surface area contributed by atoms with Gasteiger partial charge in [0.15, 0.2) is 11.6 Å². The Hall–Kier alpha value is -2.47. The number of carbonyl (C=O) groups excluding carboxylic acids is 1. The number of halogens is 2. The first-order valence-electron chi connectivity index (χ1n) is 9.63. The Morgan fingerprint density at radius 3 is 2.39 bits per heavy atom. The van der Waals surface area contributed by atoms with Crippen molar-refractivity contribution in [2.75, 3.05) is 0 Å². The van der Waals surface area contributed by atoms with Crippen LogP contribution in [0.25, 0.3) is 0 Å². The number of ether oxygens (including phenoxy) is 1. The van der Waals surface area contributed by atoms with Crippen molar-refractivity contribution in [1.29, 1.82) is 0 Å². The molecule has 1 N–H and O–H groups in total. The lowest BCUT2D eigenvalue weighted by Crippen LogP contribution is -2.58. The van der Waals surface area contributed by atoms with Crippen molar-refractivity contribution < 1.29 is 23.4 Å². The van der Waals surface area contributed by atoms with Crippen molar-refractivity contribution in [3.8, 4) is 0 Å². The molecule has 0 aromatic heterocycles. The SMILES string of the molecule is O=C(OCc1ccccc1)N1C2CCCC1CC(O)(c1ccc(F)c(F)c1)C2. The van der Waals surface area contributed by atoms with E-state index in [0.29, 0.717) is 5.56 Å². The zero-order valence-electron chi connectivity index (χ0n) is 15.5. The summed E-state index contributed by atoms with van der Waals surface area (Å²) in [5.74, 6) is -1.91. The van der Waals surface area contributed by atoms with Crippen molar-refractivity contribution in [3.05, 3.63) is 71.3 Å². The molecule has 0 saturated carbocycles. The van der Waals surface area contributed by atoms with Gasteiger partial charge in [-0.25, -0.2) is 13.6 Å². The summed E-state index contributed by atoms with van der Waals surface area (Å²) < 4.78 is 32.5. The van der Waals surface area contributed by atoms with Gasteiger partial charge in [-0.05, 0) is 42.5 Å². The fourth-order valence-corrected chi connectivity index (χ4v) is 4.54. The highest BCUT2D eigenvalue weighted by molar-refractivity contribution is 5.69. The van der Waals surface area contributed by atoms with Crippen LogP contribution in [0, 0.1) is 11.6 Å². The Morgan fingerprint density at radius 1 is 1.07 bits per heavy atom. The summed E-state index contributed by atoms with van der Waals surface area (Å²) in [6.07, 6.45) is 2.66. The minimum Gasteiger partial charge on any atom is -0.445 e. The Bertz CT molecular complexity index is 844. The second kappa shape index (κ2) is 7.51. The van der Waals surface area contributed by atoms with E-state index in [-0.39, 0.29) is 37.6 Å². The van der Waals surface area contributed by atoms with E-state index in [1.54, 1.807) is 4.90 Å². The highest BCUT2D eigenvalue weighted by atomic mass is 19.2. The first kappa shape index (κ1) is 18.9. The molecular weight excluding hydrogens is 364 g/mol. The molecule has 2 heterocycles. The van der Waals surface area contributed by atoms with E-state index in [9.17, 15) is 18.7 Å². The van der Waals surface area contributed by atoms with Crippen molar-refractivity contribution in [3.63, 3.8) is 0 Å². The van der Waals surface area contributed by atoms with Crippen LogP contribution in [0.5, 0.6) is 0 Å². The summed E-state index contributed by atoms with van der Waals surface area (Å²) in [5, 5.41) is 11.2. The molecule has 2 bridgehead atoms. The van der Waals surface area contributed by atoms with Crippen LogP contribution in [0.15, 0.2) is 48.5 Å². The molecule has 2 unspecified atom stereocenters. The first-order valence-corrected chi connectivity index (χ1v) is 9.63. The van der Waals surface area contributed by atoms with Crippen LogP contribution >= 0.6 is 0 Å². The zero-order chi connectivity index (χ0) is 19.7. The predicted octanol–water partition coefficient (Wildman–Crippen LogP) is 4.51. The van der Waals surface area contributed by atoms with E-state index in [1.807, 2.05) is 30.3 Å². The quantitative estimate of drug-likeness (QED) is 0.843. The second-order valence-corrected chi connectivity index (χ2v) is 7.75. The molecule has 148 valence electrons. The average Bonchev–Trinajstić information content (AvgIpc) is 2.68. The standard InChI is InChI=1S/C22H23F2NO3/c23-19-10-9-16(11-20(19)24)22(27)12-17-7-4-8-18(13-22)25(17)21(26)28-14-15-5-2-1-3-6-15/h1-3,5-6,9-11,17-18,27H,4,7-8,12-14H2. The van der Waals surface area contributed by atoms with E-state index >= 15 is 0 Å². The molecule has 2 aliphatic rings. The normalized spacial score (nSPS) is 26.8. The maximum absolute atomic E-state index is 13.7. The van der Waals surface area contributed by atoms with Crippen molar-refractivity contribution in [1.82, 2.24) is 4.90 Å². The van der Waals surface area contributed by atoms with Gasteiger partial charge in [-0.3, -0.25) is 0 Å². The van der Waals surface area contributed by atoms with Crippen LogP contribution in [0.1, 0.15) is 43.2 Å². The molecule has 6 heteroatoms. The minimum absolute atomic E-state index is 0.186. The molecule has 2 aromatic rings. The molecule has 0 radical (unpaired) electrons. The average molecular weight is 387 g/mol. The zero-order valence-corrected chi connectivity index (χ0v) is 15.5. The smallest absolute Gasteiger partial charge is 0.410 e. The summed E-state index contributed by atoms with van der Waals surface area (Å²) in [5.41, 5.74) is -0.00236. The molecule has 0 aliphatic carbocycles. The van der Waals surface area contributed by atoms with Gasteiger partial charge in [-0.2, -0.15) is 0 Å². The Kier molecular flexibility index (Phi) is 5.06. The monoisotopic (exact) mass is 387 g/mol. The molecule has 2 fully saturated rings. The van der Waals surface area contributed by atoms with Gasteiger partial charge in [0.2, 0.25) is 0 Å². The maximum atomic E-state index is 13.7. The third-order valence-corrected chi connectivity index (χ3v) is 5.88. The Morgan fingerprint density at radius 2 is 1.75 bits per heavy atom. The van der Waals surface area contributed by atoms with Gasteiger partial charge in [-0.15, -0.1) is 0 Å². The summed E-state index contributed by atoms with van der Waals surface area (Å²) in [6.45, 7) is 0.197. The van der Waals surface area contributed by atoms with Gasteiger partial charge in [0.25, 0.3) is 0 Å². The molecular formula is C22H23F2NO3. The fraction of sp³-hybridized carbons (Fsp3) is 0.409. The number of aliphatic hydroxyl groups is 1. The maximum Gasteiger partial charge on any atom is 0.410 e.